The third-order valence-electron chi connectivity index (χ3n) is 3.95. The van der Waals surface area contributed by atoms with Gasteiger partial charge in [0.25, 0.3) is 5.91 Å². The highest BCUT2D eigenvalue weighted by atomic mass is 16.5. The third kappa shape index (κ3) is 2.43. The maximum atomic E-state index is 12.3. The molecule has 1 aliphatic carbocycles. The van der Waals surface area contributed by atoms with Crippen LogP contribution in [0.15, 0.2) is 18.2 Å². The molecule has 0 unspecified atom stereocenters. The van der Waals surface area contributed by atoms with E-state index in [0.29, 0.717) is 29.8 Å². The lowest BCUT2D eigenvalue weighted by Gasteiger charge is -2.48. The first-order valence-electron chi connectivity index (χ1n) is 7.32. The van der Waals surface area contributed by atoms with Crippen LogP contribution in [-0.4, -0.2) is 36.8 Å². The number of rotatable bonds is 3. The molecule has 1 fully saturated rings. The molecule has 6 nitrogen and oxygen atoms in total. The molecule has 1 amide bonds. The molecule has 22 heavy (non-hydrogen) atoms. The fraction of sp³-hybridized carbons (Fsp3) is 0.500. The Kier molecular flexibility index (Phi) is 3.56. The molecule has 0 saturated heterocycles. The van der Waals surface area contributed by atoms with Gasteiger partial charge in [-0.2, -0.15) is 0 Å². The summed E-state index contributed by atoms with van der Waals surface area (Å²) < 4.78 is 16.3. The molecule has 0 atom stereocenters. The molecular weight excluding hydrogens is 286 g/mol. The summed E-state index contributed by atoms with van der Waals surface area (Å²) in [5.74, 6) is -0.0766. The van der Waals surface area contributed by atoms with Crippen LogP contribution in [0.4, 0.5) is 5.69 Å². The van der Waals surface area contributed by atoms with Crippen molar-refractivity contribution in [3.8, 4) is 5.75 Å². The van der Waals surface area contributed by atoms with E-state index in [-0.39, 0.29) is 18.1 Å². The summed E-state index contributed by atoms with van der Waals surface area (Å²) in [7, 11) is 1.31. The Labute approximate surface area is 128 Å². The van der Waals surface area contributed by atoms with Crippen LogP contribution in [-0.2, 0) is 14.3 Å². The van der Waals surface area contributed by atoms with Gasteiger partial charge in [0.05, 0.1) is 30.6 Å². The van der Waals surface area contributed by atoms with E-state index >= 15 is 0 Å². The van der Waals surface area contributed by atoms with Crippen LogP contribution in [0, 0.1) is 0 Å². The highest BCUT2D eigenvalue weighted by Gasteiger charge is 2.55. The zero-order valence-corrected chi connectivity index (χ0v) is 12.8. The van der Waals surface area contributed by atoms with Crippen molar-refractivity contribution in [1.82, 2.24) is 0 Å². The second-order valence-corrected chi connectivity index (χ2v) is 5.97. The maximum Gasteiger partial charge on any atom is 0.337 e. The van der Waals surface area contributed by atoms with E-state index in [1.54, 1.807) is 18.2 Å². The van der Waals surface area contributed by atoms with Gasteiger partial charge in [-0.05, 0) is 32.0 Å². The largest absolute Gasteiger partial charge is 0.475 e. The molecule has 118 valence electrons. The predicted molar refractivity (Wildman–Crippen MR) is 79.0 cm³/mol. The number of nitrogens with one attached hydrogen (secondary N) is 1. The van der Waals surface area contributed by atoms with Crippen molar-refractivity contribution in [3.63, 3.8) is 0 Å². The van der Waals surface area contributed by atoms with Gasteiger partial charge in [0.1, 0.15) is 5.75 Å². The standard InChI is InChI=1S/C16H19NO5/c1-9(2)21-11-7-16(8-11)15(19)17-12-6-10(14(18)20-3)4-5-13(12)22-16/h4-6,9,11H,7-8H2,1-3H3,(H,17,19). The second-order valence-electron chi connectivity index (χ2n) is 5.97. The molecular formula is C16H19NO5. The fourth-order valence-electron chi connectivity index (χ4n) is 2.88. The van der Waals surface area contributed by atoms with Crippen LogP contribution < -0.4 is 10.1 Å². The van der Waals surface area contributed by atoms with Gasteiger partial charge in [0, 0.05) is 12.8 Å². The molecule has 0 aromatic heterocycles. The fourth-order valence-corrected chi connectivity index (χ4v) is 2.88. The number of ether oxygens (including phenoxy) is 3. The Hall–Kier alpha value is -2.08. The highest BCUT2D eigenvalue weighted by molar-refractivity contribution is 6.03. The van der Waals surface area contributed by atoms with E-state index in [2.05, 4.69) is 10.1 Å². The summed E-state index contributed by atoms with van der Waals surface area (Å²) in [6.45, 7) is 3.94. The van der Waals surface area contributed by atoms with Crippen molar-refractivity contribution in [3.05, 3.63) is 23.8 Å². The van der Waals surface area contributed by atoms with E-state index in [0.717, 1.165) is 0 Å². The zero-order chi connectivity index (χ0) is 15.9. The molecule has 1 aliphatic heterocycles. The molecule has 1 aromatic rings. The molecule has 1 aromatic carbocycles. The van der Waals surface area contributed by atoms with Gasteiger partial charge < -0.3 is 19.5 Å². The quantitative estimate of drug-likeness (QED) is 0.866. The summed E-state index contributed by atoms with van der Waals surface area (Å²) in [6.07, 6.45) is 1.25. The summed E-state index contributed by atoms with van der Waals surface area (Å²) in [5, 5.41) is 2.82. The number of carbonyl (C=O) groups excluding carboxylic acids is 2. The minimum absolute atomic E-state index is 0.0432. The molecule has 0 radical (unpaired) electrons. The number of benzene rings is 1. The maximum absolute atomic E-state index is 12.3. The predicted octanol–water partition coefficient (Wildman–Crippen LogP) is 2.13. The Morgan fingerprint density at radius 1 is 1.41 bits per heavy atom. The molecule has 1 heterocycles. The average molecular weight is 305 g/mol. The Morgan fingerprint density at radius 2 is 2.14 bits per heavy atom. The van der Waals surface area contributed by atoms with Crippen LogP contribution in [0.1, 0.15) is 37.0 Å². The van der Waals surface area contributed by atoms with Gasteiger partial charge in [-0.1, -0.05) is 0 Å². The number of anilines is 1. The van der Waals surface area contributed by atoms with Crippen LogP contribution in [0.25, 0.3) is 0 Å². The van der Waals surface area contributed by atoms with Crippen molar-refractivity contribution >= 4 is 17.6 Å². The van der Waals surface area contributed by atoms with E-state index in [1.165, 1.54) is 7.11 Å². The molecule has 6 heteroatoms. The Morgan fingerprint density at radius 3 is 2.77 bits per heavy atom. The number of hydrogen-bond acceptors (Lipinski definition) is 5. The summed E-state index contributed by atoms with van der Waals surface area (Å²) in [6, 6.07) is 4.86. The summed E-state index contributed by atoms with van der Waals surface area (Å²) >= 11 is 0. The normalized spacial score (nSPS) is 26.0. The van der Waals surface area contributed by atoms with E-state index in [9.17, 15) is 9.59 Å². The van der Waals surface area contributed by atoms with Crippen molar-refractivity contribution in [2.24, 2.45) is 0 Å². The zero-order valence-electron chi connectivity index (χ0n) is 12.8. The number of fused-ring (bicyclic) bond motifs is 1. The first-order chi connectivity index (χ1) is 10.4. The lowest BCUT2D eigenvalue weighted by molar-refractivity contribution is -0.165. The molecule has 2 aliphatic rings. The average Bonchev–Trinajstić information content (AvgIpc) is 2.44. The van der Waals surface area contributed by atoms with Crippen molar-refractivity contribution in [2.45, 2.75) is 44.5 Å². The summed E-state index contributed by atoms with van der Waals surface area (Å²) in [4.78, 5) is 23.9. The number of methoxy groups -OCH3 is 1. The smallest absolute Gasteiger partial charge is 0.337 e. The third-order valence-corrected chi connectivity index (χ3v) is 3.95. The number of amides is 1. The first kappa shape index (κ1) is 14.8. The van der Waals surface area contributed by atoms with Crippen molar-refractivity contribution in [1.29, 1.82) is 0 Å². The Balaban J connectivity index is 1.77. The molecule has 3 rings (SSSR count). The minimum atomic E-state index is -0.848. The summed E-state index contributed by atoms with van der Waals surface area (Å²) in [5.41, 5.74) is 0.0155. The second kappa shape index (κ2) is 5.28. The highest BCUT2D eigenvalue weighted by Crippen LogP contribution is 2.45. The molecule has 1 spiro atoms. The molecule has 1 N–H and O–H groups in total. The lowest BCUT2D eigenvalue weighted by atomic mass is 9.75. The van der Waals surface area contributed by atoms with Crippen LogP contribution in [0.5, 0.6) is 5.75 Å². The van der Waals surface area contributed by atoms with Crippen LogP contribution in [0.2, 0.25) is 0 Å². The van der Waals surface area contributed by atoms with Crippen molar-refractivity contribution < 1.29 is 23.8 Å². The van der Waals surface area contributed by atoms with E-state index in [4.69, 9.17) is 9.47 Å². The van der Waals surface area contributed by atoms with Gasteiger partial charge in [0.15, 0.2) is 5.60 Å². The number of hydrogen-bond donors (Lipinski definition) is 1. The van der Waals surface area contributed by atoms with Gasteiger partial charge in [-0.3, -0.25) is 4.79 Å². The minimum Gasteiger partial charge on any atom is -0.475 e. The first-order valence-corrected chi connectivity index (χ1v) is 7.32. The monoisotopic (exact) mass is 305 g/mol. The van der Waals surface area contributed by atoms with Gasteiger partial charge in [-0.15, -0.1) is 0 Å². The van der Waals surface area contributed by atoms with Gasteiger partial charge >= 0.3 is 5.97 Å². The van der Waals surface area contributed by atoms with Gasteiger partial charge in [0.2, 0.25) is 0 Å². The molecule has 0 bridgehead atoms. The number of carbonyl (C=O) groups is 2. The molecule has 1 saturated carbocycles. The van der Waals surface area contributed by atoms with Crippen LogP contribution in [0.3, 0.4) is 0 Å². The van der Waals surface area contributed by atoms with E-state index in [1.807, 2.05) is 13.8 Å². The van der Waals surface area contributed by atoms with Crippen molar-refractivity contribution in [2.75, 3.05) is 12.4 Å². The Bertz CT molecular complexity index is 619. The van der Waals surface area contributed by atoms with E-state index < -0.39 is 11.6 Å². The lowest BCUT2D eigenvalue weighted by Crippen LogP contribution is -2.62. The number of esters is 1. The topological polar surface area (TPSA) is 73.9 Å². The van der Waals surface area contributed by atoms with Crippen LogP contribution >= 0.6 is 0 Å². The SMILES string of the molecule is COC(=O)c1ccc2c(c1)NC(=O)C1(CC(OC(C)C)C1)O2. The van der Waals surface area contributed by atoms with Gasteiger partial charge in [-0.25, -0.2) is 4.79 Å².